The molecule has 4 atom stereocenters. The van der Waals surface area contributed by atoms with Crippen molar-refractivity contribution in [1.29, 1.82) is 0 Å². The fraction of sp³-hybridized carbons (Fsp3) is 0.478. The Morgan fingerprint density at radius 3 is 1.80 bits per heavy atom. The van der Waals surface area contributed by atoms with Crippen LogP contribution in [0.5, 0.6) is 0 Å². The van der Waals surface area contributed by atoms with E-state index in [0.29, 0.717) is 53.5 Å². The first-order valence-electron chi connectivity index (χ1n) is 20.4. The van der Waals surface area contributed by atoms with Crippen LogP contribution < -0.4 is 0 Å². The highest BCUT2D eigenvalue weighted by molar-refractivity contribution is 5.87. The number of carbonyl (C=O) groups excluding carboxylic acids is 4. The number of amides is 4. The third-order valence-corrected chi connectivity index (χ3v) is 10.9. The number of hydrogen-bond acceptors (Lipinski definition) is 10. The predicted molar refractivity (Wildman–Crippen MR) is 233 cm³/mol. The van der Waals surface area contributed by atoms with Gasteiger partial charge in [0.2, 0.25) is 23.6 Å². The highest BCUT2D eigenvalue weighted by atomic mass is 16.5. The summed E-state index contributed by atoms with van der Waals surface area (Å²) < 4.78 is 22.3. The van der Waals surface area contributed by atoms with Gasteiger partial charge < -0.3 is 33.0 Å². The lowest BCUT2D eigenvalue weighted by Gasteiger charge is -2.34. The fourth-order valence-corrected chi connectivity index (χ4v) is 8.07. The van der Waals surface area contributed by atoms with Crippen molar-refractivity contribution in [2.75, 3.05) is 47.9 Å². The van der Waals surface area contributed by atoms with Crippen molar-refractivity contribution in [2.45, 2.75) is 85.9 Å². The maximum atomic E-state index is 13.9. The first-order chi connectivity index (χ1) is 28.3. The lowest BCUT2D eigenvalue weighted by atomic mass is 10.00. The first kappa shape index (κ1) is 45.2. The SMILES string of the molecule is C.CCC.COC(=O)N(C)CC(=O)N1CCC[C@H]1c1nc2ccc(-c3ccc(-c4ccc5nc(C6C[C@H](C)CN6C(=O)[C@H](C(C)C)N(C)C(=O)OC)oc5c4)cc3)cc2o1.[HH]. The standard InChI is InChI=1S/C42H48N6O8.C3H8.CH4.H2/c1-24(2)37(46(5)42(52)54-7)40(50)48-22-25(3)19-33(48)39-44-31-17-15-29(21-35(31)56-39)27-12-10-26(11-13-27)28-14-16-30-34(20-28)55-38(43-30)32-9-8-18-47(32)36(49)23-45(4)41(51)53-6;1-3-2;;/h10-17,20-21,24-25,32-33,37H,8-9,18-19,22-23H2,1-7H3;3H2,1-2H3;1H4;1H/t25-,32-,33?,37-;;;/m0.../s1. The van der Waals surface area contributed by atoms with Gasteiger partial charge in [0, 0.05) is 28.6 Å². The molecule has 0 N–H and O–H groups in total. The van der Waals surface area contributed by atoms with Crippen LogP contribution >= 0.6 is 0 Å². The number of likely N-dealkylation sites (tertiary alicyclic amines) is 2. The monoisotopic (exact) mass is 826 g/mol. The van der Waals surface area contributed by atoms with Crippen molar-refractivity contribution in [2.24, 2.45) is 11.8 Å². The molecule has 2 aromatic heterocycles. The summed E-state index contributed by atoms with van der Waals surface area (Å²) in [5.41, 5.74) is 6.59. The molecule has 0 aliphatic carbocycles. The molecule has 3 aromatic carbocycles. The summed E-state index contributed by atoms with van der Waals surface area (Å²) in [6.07, 6.45) is 2.37. The second-order valence-electron chi connectivity index (χ2n) is 15.9. The third kappa shape index (κ3) is 9.42. The average Bonchev–Trinajstić information content (AvgIpc) is 4.05. The van der Waals surface area contributed by atoms with E-state index in [1.807, 2.05) is 50.2 Å². The normalized spacial score (nSPS) is 17.9. The van der Waals surface area contributed by atoms with Crippen LogP contribution in [0.3, 0.4) is 0 Å². The van der Waals surface area contributed by atoms with Crippen LogP contribution in [-0.2, 0) is 19.1 Å². The maximum absolute atomic E-state index is 13.9. The Labute approximate surface area is 354 Å². The lowest BCUT2D eigenvalue weighted by molar-refractivity contribution is -0.139. The van der Waals surface area contributed by atoms with E-state index >= 15 is 0 Å². The largest absolute Gasteiger partial charge is 0.453 e. The summed E-state index contributed by atoms with van der Waals surface area (Å²) in [5.74, 6) is 0.741. The van der Waals surface area contributed by atoms with Crippen molar-refractivity contribution in [3.8, 4) is 22.3 Å². The lowest BCUT2D eigenvalue weighted by Crippen LogP contribution is -2.51. The minimum atomic E-state index is -0.682. The van der Waals surface area contributed by atoms with E-state index in [1.165, 1.54) is 37.5 Å². The second-order valence-corrected chi connectivity index (χ2v) is 15.9. The molecule has 4 amide bonds. The van der Waals surface area contributed by atoms with Crippen LogP contribution in [0.15, 0.2) is 69.5 Å². The number of hydrogen-bond donors (Lipinski definition) is 0. The molecule has 14 heteroatoms. The molecular formula is C46H62N6O8. The summed E-state index contributed by atoms with van der Waals surface area (Å²) in [6, 6.07) is 18.7. The number of oxazole rings is 2. The molecule has 1 unspecified atom stereocenters. The van der Waals surface area contributed by atoms with E-state index in [2.05, 4.69) is 45.0 Å². The molecule has 0 spiro atoms. The molecule has 4 heterocycles. The highest BCUT2D eigenvalue weighted by Crippen LogP contribution is 2.39. The molecule has 0 saturated carbocycles. The van der Waals surface area contributed by atoms with Crippen LogP contribution in [0, 0.1) is 11.8 Å². The van der Waals surface area contributed by atoms with E-state index in [0.717, 1.165) is 35.1 Å². The highest BCUT2D eigenvalue weighted by Gasteiger charge is 2.43. The smallest absolute Gasteiger partial charge is 0.409 e. The van der Waals surface area contributed by atoms with Gasteiger partial charge in [-0.1, -0.05) is 84.9 Å². The summed E-state index contributed by atoms with van der Waals surface area (Å²) in [7, 11) is 5.72. The molecule has 60 heavy (non-hydrogen) atoms. The van der Waals surface area contributed by atoms with Crippen LogP contribution in [0.25, 0.3) is 44.5 Å². The Hall–Kier alpha value is -5.92. The Balaban J connectivity index is 0.00000159. The number of fused-ring (bicyclic) bond motifs is 2. The molecule has 0 radical (unpaired) electrons. The van der Waals surface area contributed by atoms with E-state index in [1.54, 1.807) is 16.8 Å². The van der Waals surface area contributed by atoms with Gasteiger partial charge >= 0.3 is 12.2 Å². The van der Waals surface area contributed by atoms with Crippen LogP contribution in [0.4, 0.5) is 9.59 Å². The summed E-state index contributed by atoms with van der Waals surface area (Å²) in [5, 5.41) is 0. The molecule has 2 aliphatic heterocycles. The number of ether oxygens (including phenoxy) is 2. The molecule has 324 valence electrons. The van der Waals surface area contributed by atoms with Crippen LogP contribution in [0.2, 0.25) is 0 Å². The molecular weight excluding hydrogens is 765 g/mol. The van der Waals surface area contributed by atoms with Crippen molar-refractivity contribution in [3.63, 3.8) is 0 Å². The van der Waals surface area contributed by atoms with Crippen molar-refractivity contribution in [1.82, 2.24) is 29.6 Å². The zero-order valence-corrected chi connectivity index (χ0v) is 35.6. The number of likely N-dealkylation sites (N-methyl/N-ethyl adjacent to an activating group) is 2. The van der Waals surface area contributed by atoms with Crippen molar-refractivity contribution < 1.29 is 38.9 Å². The van der Waals surface area contributed by atoms with E-state index in [9.17, 15) is 19.2 Å². The zero-order chi connectivity index (χ0) is 42.5. The van der Waals surface area contributed by atoms with Crippen LogP contribution in [0.1, 0.15) is 93.0 Å². The molecule has 7 rings (SSSR count). The molecule has 0 bridgehead atoms. The van der Waals surface area contributed by atoms with Gasteiger partial charge in [0.15, 0.2) is 11.2 Å². The summed E-state index contributed by atoms with van der Waals surface area (Å²) >= 11 is 0. The summed E-state index contributed by atoms with van der Waals surface area (Å²) in [4.78, 5) is 66.9. The van der Waals surface area contributed by atoms with Gasteiger partial charge in [-0.05, 0) is 77.6 Å². The quantitative estimate of drug-likeness (QED) is 0.140. The molecule has 5 aromatic rings. The molecule has 2 fully saturated rings. The number of benzene rings is 3. The van der Waals surface area contributed by atoms with E-state index in [4.69, 9.17) is 28.3 Å². The van der Waals surface area contributed by atoms with Gasteiger partial charge in [-0.3, -0.25) is 14.5 Å². The number of methoxy groups -OCH3 is 2. The number of nitrogens with zero attached hydrogens (tertiary/aromatic N) is 6. The minimum absolute atomic E-state index is 0. The van der Waals surface area contributed by atoms with Gasteiger partial charge in [-0.15, -0.1) is 0 Å². The second kappa shape index (κ2) is 19.4. The van der Waals surface area contributed by atoms with Gasteiger partial charge in [0.1, 0.15) is 35.7 Å². The third-order valence-electron chi connectivity index (χ3n) is 10.9. The summed E-state index contributed by atoms with van der Waals surface area (Å²) in [6.45, 7) is 11.2. The van der Waals surface area contributed by atoms with Crippen molar-refractivity contribution in [3.05, 3.63) is 72.4 Å². The molecule has 2 saturated heterocycles. The Bertz CT molecular complexity index is 2290. The van der Waals surface area contributed by atoms with Crippen molar-refractivity contribution >= 4 is 46.2 Å². The Morgan fingerprint density at radius 2 is 1.30 bits per heavy atom. The van der Waals surface area contributed by atoms with Gasteiger partial charge in [0.25, 0.3) is 0 Å². The number of aromatic nitrogens is 2. The molecule has 14 nitrogen and oxygen atoms in total. The number of rotatable bonds is 9. The number of carbonyl (C=O) groups is 4. The Morgan fingerprint density at radius 1 is 0.800 bits per heavy atom. The average molecular weight is 827 g/mol. The van der Waals surface area contributed by atoms with E-state index < -0.39 is 18.2 Å². The Kier molecular flexibility index (Phi) is 14.6. The van der Waals surface area contributed by atoms with Gasteiger partial charge in [-0.2, -0.15) is 0 Å². The van der Waals surface area contributed by atoms with Crippen LogP contribution in [-0.4, -0.2) is 108 Å². The van der Waals surface area contributed by atoms with Gasteiger partial charge in [-0.25, -0.2) is 19.6 Å². The molecule has 2 aliphatic rings. The van der Waals surface area contributed by atoms with E-state index in [-0.39, 0.29) is 51.1 Å². The predicted octanol–water partition coefficient (Wildman–Crippen LogP) is 9.60. The first-order valence-corrected chi connectivity index (χ1v) is 20.4. The zero-order valence-electron chi connectivity index (χ0n) is 35.6. The topological polar surface area (TPSA) is 152 Å². The fourth-order valence-electron chi connectivity index (χ4n) is 8.07. The van der Waals surface area contributed by atoms with Gasteiger partial charge in [0.05, 0.1) is 14.2 Å². The minimum Gasteiger partial charge on any atom is -0.453 e. The maximum Gasteiger partial charge on any atom is 0.409 e.